The second-order valence-electron chi connectivity index (χ2n) is 11.2. The number of fused-ring (bicyclic) bond motifs is 2. The molecule has 48 heavy (non-hydrogen) atoms. The topological polar surface area (TPSA) is 198 Å². The number of aliphatic hydroxyl groups excluding tert-OH is 2. The van der Waals surface area contributed by atoms with Gasteiger partial charge in [0.25, 0.3) is 0 Å². The zero-order chi connectivity index (χ0) is 33.9. The number of imidazole rings is 2. The van der Waals surface area contributed by atoms with E-state index >= 15 is 0 Å². The second-order valence-corrected chi connectivity index (χ2v) is 11.2. The third kappa shape index (κ3) is 8.52. The molecule has 0 saturated carbocycles. The average Bonchev–Trinajstić information content (AvgIpc) is 3.70. The van der Waals surface area contributed by atoms with Gasteiger partial charge in [-0.15, -0.1) is 0 Å². The molecule has 252 valence electrons. The Balaban J connectivity index is 0.000000188. The Morgan fingerprint density at radius 3 is 1.44 bits per heavy atom. The van der Waals surface area contributed by atoms with Crippen LogP contribution in [-0.2, 0) is 26.3 Å². The molecule has 0 fully saturated rings. The molecular formula is C34H42N10O4. The predicted molar refractivity (Wildman–Crippen MR) is 183 cm³/mol. The first-order valence-electron chi connectivity index (χ1n) is 16.0. The maximum absolute atomic E-state index is 9.26. The van der Waals surface area contributed by atoms with Crippen molar-refractivity contribution in [3.05, 3.63) is 83.4 Å². The smallest absolute Gasteiger partial charge is 0.320 e. The number of unbranched alkanes of at least 4 members (excludes halogenated alkanes) is 2. The van der Waals surface area contributed by atoms with Crippen LogP contribution in [0.3, 0.4) is 0 Å². The van der Waals surface area contributed by atoms with Gasteiger partial charge in [0.1, 0.15) is 0 Å². The van der Waals surface area contributed by atoms with Gasteiger partial charge in [-0.25, -0.2) is 9.97 Å². The molecule has 14 heteroatoms. The van der Waals surface area contributed by atoms with Crippen molar-refractivity contribution in [2.45, 2.75) is 65.8 Å². The lowest BCUT2D eigenvalue weighted by atomic mass is 10.1. The number of aliphatic hydroxyl groups is 2. The number of nitrogen functional groups attached to an aromatic ring is 2. The number of benzene rings is 2. The highest BCUT2D eigenvalue weighted by atomic mass is 16.5. The molecule has 14 nitrogen and oxygen atoms in total. The summed E-state index contributed by atoms with van der Waals surface area (Å²) >= 11 is 0. The lowest BCUT2D eigenvalue weighted by Crippen LogP contribution is -2.06. The minimum Gasteiger partial charge on any atom is -0.463 e. The van der Waals surface area contributed by atoms with Crippen LogP contribution in [0.4, 0.5) is 11.6 Å². The van der Waals surface area contributed by atoms with Crippen molar-refractivity contribution in [2.24, 2.45) is 0 Å². The molecule has 0 atom stereocenters. The van der Waals surface area contributed by atoms with Gasteiger partial charge in [0.05, 0.1) is 52.2 Å². The minimum absolute atomic E-state index is 0.0169. The lowest BCUT2D eigenvalue weighted by Gasteiger charge is -2.08. The second kappa shape index (κ2) is 16.5. The van der Waals surface area contributed by atoms with E-state index in [0.717, 1.165) is 47.9 Å². The monoisotopic (exact) mass is 654 g/mol. The van der Waals surface area contributed by atoms with Gasteiger partial charge in [0, 0.05) is 0 Å². The fourth-order valence-corrected chi connectivity index (χ4v) is 4.91. The van der Waals surface area contributed by atoms with Gasteiger partial charge in [-0.3, -0.25) is 0 Å². The molecule has 4 heterocycles. The number of hydrogen-bond donors (Lipinski definition) is 4. The number of anilines is 2. The van der Waals surface area contributed by atoms with E-state index in [1.54, 1.807) is 12.7 Å². The van der Waals surface area contributed by atoms with Crippen LogP contribution >= 0.6 is 0 Å². The van der Waals surface area contributed by atoms with Gasteiger partial charge >= 0.3 is 12.0 Å². The first-order valence-corrected chi connectivity index (χ1v) is 16.0. The molecule has 0 spiro atoms. The highest BCUT2D eigenvalue weighted by molar-refractivity contribution is 5.82. The van der Waals surface area contributed by atoms with Crippen molar-refractivity contribution >= 4 is 34.0 Å². The molecule has 0 radical (unpaired) electrons. The van der Waals surface area contributed by atoms with Crippen molar-refractivity contribution in [2.75, 3.05) is 24.7 Å². The van der Waals surface area contributed by atoms with E-state index in [0.29, 0.717) is 60.3 Å². The summed E-state index contributed by atoms with van der Waals surface area (Å²) in [6, 6.07) is 16.1. The molecule has 0 aliphatic rings. The van der Waals surface area contributed by atoms with E-state index in [4.69, 9.17) is 20.9 Å². The molecule has 0 aliphatic carbocycles. The summed E-state index contributed by atoms with van der Waals surface area (Å²) in [4.78, 5) is 25.8. The molecule has 6 N–H and O–H groups in total. The van der Waals surface area contributed by atoms with Crippen molar-refractivity contribution < 1.29 is 19.7 Å². The Morgan fingerprint density at radius 2 is 1.04 bits per heavy atom. The Kier molecular flexibility index (Phi) is 11.7. The van der Waals surface area contributed by atoms with Gasteiger partial charge < -0.3 is 40.3 Å². The number of nitrogens with zero attached hydrogens (tertiary/aromatic N) is 8. The quantitative estimate of drug-likeness (QED) is 0.122. The summed E-state index contributed by atoms with van der Waals surface area (Å²) in [7, 11) is 0. The van der Waals surface area contributed by atoms with Gasteiger partial charge in [-0.2, -0.15) is 19.9 Å². The first-order chi connectivity index (χ1) is 23.4. The number of hydrogen-bond acceptors (Lipinski definition) is 12. The average molecular weight is 655 g/mol. The highest BCUT2D eigenvalue weighted by Crippen LogP contribution is 2.22. The fraction of sp³-hybridized carbons (Fsp3) is 0.353. The summed E-state index contributed by atoms with van der Waals surface area (Å²) in [5, 5.41) is 18.5. The fourth-order valence-electron chi connectivity index (χ4n) is 4.91. The van der Waals surface area contributed by atoms with Crippen molar-refractivity contribution in [3.8, 4) is 12.0 Å². The Labute approximate surface area is 278 Å². The molecule has 0 saturated heterocycles. The van der Waals surface area contributed by atoms with Crippen LogP contribution in [0.5, 0.6) is 12.0 Å². The largest absolute Gasteiger partial charge is 0.463 e. The van der Waals surface area contributed by atoms with E-state index in [2.05, 4.69) is 43.8 Å². The Morgan fingerprint density at radius 1 is 0.625 bits per heavy atom. The summed E-state index contributed by atoms with van der Waals surface area (Å²) in [5.74, 6) is 0.628. The van der Waals surface area contributed by atoms with E-state index < -0.39 is 0 Å². The van der Waals surface area contributed by atoms with E-state index in [9.17, 15) is 10.2 Å². The summed E-state index contributed by atoms with van der Waals surface area (Å²) in [6.45, 7) is 6.51. The zero-order valence-corrected chi connectivity index (χ0v) is 27.3. The van der Waals surface area contributed by atoms with E-state index in [-0.39, 0.29) is 25.2 Å². The van der Waals surface area contributed by atoms with Crippen LogP contribution in [0.25, 0.3) is 22.3 Å². The van der Waals surface area contributed by atoms with Crippen LogP contribution in [0.15, 0.2) is 61.2 Å². The van der Waals surface area contributed by atoms with E-state index in [1.807, 2.05) is 57.7 Å². The molecule has 0 aliphatic heterocycles. The van der Waals surface area contributed by atoms with Crippen LogP contribution < -0.4 is 20.9 Å². The SMILES string of the molecule is CCCCOc1nc(N)c2ncn(Cc3cccc(CO)c3)c2n1.CCCCOc1nc(N)c2ncn(Cc3cccc(CO)c3)c2n1. The third-order valence-electron chi connectivity index (χ3n) is 7.45. The zero-order valence-electron chi connectivity index (χ0n) is 27.3. The Hall–Kier alpha value is -5.34. The lowest BCUT2D eigenvalue weighted by molar-refractivity contribution is 0.281. The number of rotatable bonds is 14. The molecular weight excluding hydrogens is 612 g/mol. The predicted octanol–water partition coefficient (Wildman–Crippen LogP) is 4.26. The summed E-state index contributed by atoms with van der Waals surface area (Å²) in [6.07, 6.45) is 7.34. The number of aromatic nitrogens is 8. The normalized spacial score (nSPS) is 11.1. The van der Waals surface area contributed by atoms with Crippen molar-refractivity contribution in [1.29, 1.82) is 0 Å². The maximum atomic E-state index is 9.26. The van der Waals surface area contributed by atoms with Crippen LogP contribution in [0.1, 0.15) is 61.8 Å². The first kappa shape index (κ1) is 34.0. The maximum Gasteiger partial charge on any atom is 0.320 e. The highest BCUT2D eigenvalue weighted by Gasteiger charge is 2.14. The molecule has 0 bridgehead atoms. The Bertz CT molecular complexity index is 1800. The summed E-state index contributed by atoms with van der Waals surface area (Å²) < 4.78 is 14.9. The number of nitrogens with two attached hydrogens (primary N) is 2. The molecule has 2 aromatic carbocycles. The van der Waals surface area contributed by atoms with Gasteiger partial charge in [0.2, 0.25) is 0 Å². The van der Waals surface area contributed by atoms with Crippen molar-refractivity contribution in [3.63, 3.8) is 0 Å². The van der Waals surface area contributed by atoms with E-state index in [1.165, 1.54) is 0 Å². The van der Waals surface area contributed by atoms with Crippen LogP contribution in [0.2, 0.25) is 0 Å². The molecule has 6 aromatic rings. The number of ether oxygens (including phenoxy) is 2. The van der Waals surface area contributed by atoms with Gasteiger partial charge in [-0.1, -0.05) is 75.2 Å². The van der Waals surface area contributed by atoms with Crippen LogP contribution in [-0.4, -0.2) is 62.5 Å². The molecule has 0 amide bonds. The molecule has 6 rings (SSSR count). The van der Waals surface area contributed by atoms with Gasteiger partial charge in [0.15, 0.2) is 34.0 Å². The standard InChI is InChI=1S/2C17H21N5O2/c2*1-2-3-7-24-17-20-15(18)14-16(21-17)22(11-19-14)9-12-5-4-6-13(8-12)10-23/h2*4-6,8,11,23H,2-3,7,9-10H2,1H3,(H2,18,20,21). The summed E-state index contributed by atoms with van der Waals surface area (Å²) in [5.41, 5.74) is 18.2. The van der Waals surface area contributed by atoms with Gasteiger partial charge in [-0.05, 0) is 35.1 Å². The third-order valence-corrected chi connectivity index (χ3v) is 7.45. The van der Waals surface area contributed by atoms with Crippen LogP contribution in [0, 0.1) is 0 Å². The molecule has 0 unspecified atom stereocenters. The van der Waals surface area contributed by atoms with Crippen molar-refractivity contribution in [1.82, 2.24) is 39.0 Å². The minimum atomic E-state index is 0.0169. The molecule has 4 aromatic heterocycles.